The van der Waals surface area contributed by atoms with E-state index >= 15 is 0 Å². The van der Waals surface area contributed by atoms with E-state index in [-0.39, 0.29) is 0 Å². The number of allylic oxidation sites excluding steroid dienone is 4. The quantitative estimate of drug-likeness (QED) is 0.172. The van der Waals surface area contributed by atoms with Gasteiger partial charge in [-0.05, 0) is 66.9 Å². The van der Waals surface area contributed by atoms with Crippen LogP contribution in [0.5, 0.6) is 0 Å². The van der Waals surface area contributed by atoms with Gasteiger partial charge in [0.2, 0.25) is 0 Å². The molecule has 0 aliphatic heterocycles. The van der Waals surface area contributed by atoms with Crippen LogP contribution in [0, 0.1) is 0 Å². The Kier molecular flexibility index (Phi) is 7.59. The maximum atomic E-state index is 5.26. The minimum Gasteiger partial charge on any atom is -0.309 e. The number of benzene rings is 6. The van der Waals surface area contributed by atoms with Crippen molar-refractivity contribution in [3.05, 3.63) is 200 Å². The molecule has 10 aromatic rings. The van der Waals surface area contributed by atoms with Crippen LogP contribution in [0.1, 0.15) is 18.5 Å². The van der Waals surface area contributed by atoms with E-state index in [9.17, 15) is 0 Å². The molecule has 0 amide bonds. The molecule has 4 heterocycles. The van der Waals surface area contributed by atoms with Gasteiger partial charge in [0.25, 0.3) is 0 Å². The van der Waals surface area contributed by atoms with Gasteiger partial charge in [-0.25, -0.2) is 9.97 Å². The van der Waals surface area contributed by atoms with Gasteiger partial charge in [-0.2, -0.15) is 0 Å². The third kappa shape index (κ3) is 5.38. The van der Waals surface area contributed by atoms with Crippen molar-refractivity contribution in [3.63, 3.8) is 0 Å². The Labute approximate surface area is 325 Å². The molecule has 0 saturated carbocycles. The second-order valence-electron chi connectivity index (χ2n) is 14.5. The Balaban J connectivity index is 1.20. The number of rotatable bonds is 6. The van der Waals surface area contributed by atoms with E-state index in [1.54, 1.807) is 0 Å². The number of hydrogen-bond donors (Lipinski definition) is 0. The van der Waals surface area contributed by atoms with Crippen LogP contribution < -0.4 is 0 Å². The SMILES string of the molecule is C1=CCCC(c2cc(-n3c4ccccc4c4cc5c(cc43)c3ccccc3n5-c3cc(-c4ccccc4)nc(-c4ccccc4)c3)cc(-c3ccccc3)n2)=C1. The Morgan fingerprint density at radius 1 is 0.375 bits per heavy atom. The summed E-state index contributed by atoms with van der Waals surface area (Å²) in [6.07, 6.45) is 8.61. The molecule has 11 rings (SSSR count). The first-order valence-electron chi connectivity index (χ1n) is 19.3. The molecular formula is C52H36N4. The van der Waals surface area contributed by atoms with Crippen molar-refractivity contribution in [1.29, 1.82) is 0 Å². The molecule has 0 spiro atoms. The average molecular weight is 717 g/mol. The summed E-state index contributed by atoms with van der Waals surface area (Å²) >= 11 is 0. The van der Waals surface area contributed by atoms with E-state index in [0.29, 0.717) is 0 Å². The Morgan fingerprint density at radius 3 is 1.23 bits per heavy atom. The monoisotopic (exact) mass is 716 g/mol. The van der Waals surface area contributed by atoms with Gasteiger partial charge in [0, 0.05) is 38.2 Å². The van der Waals surface area contributed by atoms with E-state index in [4.69, 9.17) is 9.97 Å². The zero-order valence-electron chi connectivity index (χ0n) is 30.7. The molecule has 4 heteroatoms. The number of fused-ring (bicyclic) bond motifs is 6. The lowest BCUT2D eigenvalue weighted by Gasteiger charge is -2.15. The lowest BCUT2D eigenvalue weighted by Crippen LogP contribution is -2.01. The van der Waals surface area contributed by atoms with E-state index in [0.717, 1.165) is 74.7 Å². The predicted molar refractivity (Wildman–Crippen MR) is 233 cm³/mol. The highest BCUT2D eigenvalue weighted by Crippen LogP contribution is 2.41. The molecule has 56 heavy (non-hydrogen) atoms. The van der Waals surface area contributed by atoms with E-state index < -0.39 is 0 Å². The molecule has 0 radical (unpaired) electrons. The first-order valence-corrected chi connectivity index (χ1v) is 19.3. The van der Waals surface area contributed by atoms with Crippen molar-refractivity contribution in [1.82, 2.24) is 19.1 Å². The summed E-state index contributed by atoms with van der Waals surface area (Å²) < 4.78 is 4.87. The summed E-state index contributed by atoms with van der Waals surface area (Å²) in [7, 11) is 0. The maximum absolute atomic E-state index is 5.26. The second-order valence-corrected chi connectivity index (χ2v) is 14.5. The average Bonchev–Trinajstić information content (AvgIpc) is 3.78. The molecule has 0 N–H and O–H groups in total. The zero-order valence-corrected chi connectivity index (χ0v) is 30.7. The summed E-state index contributed by atoms with van der Waals surface area (Å²) in [5.41, 5.74) is 15.3. The predicted octanol–water partition coefficient (Wildman–Crippen LogP) is 13.4. The van der Waals surface area contributed by atoms with Gasteiger partial charge < -0.3 is 9.13 Å². The largest absolute Gasteiger partial charge is 0.309 e. The summed E-state index contributed by atoms with van der Waals surface area (Å²) in [4.78, 5) is 10.5. The van der Waals surface area contributed by atoms with Crippen molar-refractivity contribution < 1.29 is 0 Å². The van der Waals surface area contributed by atoms with Gasteiger partial charge in [-0.1, -0.05) is 146 Å². The third-order valence-electron chi connectivity index (χ3n) is 11.2. The molecule has 4 aromatic heterocycles. The van der Waals surface area contributed by atoms with Gasteiger partial charge >= 0.3 is 0 Å². The minimum absolute atomic E-state index is 0.942. The Bertz CT molecular complexity index is 3110. The number of para-hydroxylation sites is 2. The normalized spacial score (nSPS) is 12.9. The maximum Gasteiger partial charge on any atom is 0.0730 e. The van der Waals surface area contributed by atoms with E-state index in [2.05, 4.69) is 203 Å². The molecule has 0 bridgehead atoms. The molecule has 0 saturated heterocycles. The van der Waals surface area contributed by atoms with Crippen LogP contribution in [0.25, 0.3) is 94.3 Å². The second kappa shape index (κ2) is 13.2. The molecule has 6 aromatic carbocycles. The minimum atomic E-state index is 0.942. The molecule has 1 aliphatic rings. The van der Waals surface area contributed by atoms with Crippen LogP contribution in [-0.2, 0) is 0 Å². The molecule has 1 aliphatic carbocycles. The van der Waals surface area contributed by atoms with Crippen molar-refractivity contribution in [3.8, 4) is 45.1 Å². The van der Waals surface area contributed by atoms with Gasteiger partial charge in [0.05, 0.1) is 56.2 Å². The topological polar surface area (TPSA) is 35.6 Å². The van der Waals surface area contributed by atoms with Crippen LogP contribution >= 0.6 is 0 Å². The van der Waals surface area contributed by atoms with Gasteiger partial charge in [0.1, 0.15) is 0 Å². The molecule has 0 unspecified atom stereocenters. The Morgan fingerprint density at radius 2 is 0.786 bits per heavy atom. The van der Waals surface area contributed by atoms with Crippen LogP contribution in [-0.4, -0.2) is 19.1 Å². The number of aromatic nitrogens is 4. The molecular weight excluding hydrogens is 681 g/mol. The standard InChI is InChI=1S/C52H36N4/c1-5-17-35(18-6-1)45-29-39(30-46(53-45)36-19-7-2-8-20-36)55-49-27-15-13-25-41(49)43-34-52-44(33-51(43)55)42-26-14-16-28-50(42)56(52)40-31-47(37-21-9-3-10-22-37)54-48(32-40)38-23-11-4-12-24-38/h1-11,13-23,25-34H,12,24H2. The number of hydrogen-bond acceptors (Lipinski definition) is 2. The highest BCUT2D eigenvalue weighted by atomic mass is 15.0. The highest BCUT2D eigenvalue weighted by Gasteiger charge is 2.21. The molecule has 4 nitrogen and oxygen atoms in total. The fourth-order valence-corrected chi connectivity index (χ4v) is 8.53. The van der Waals surface area contributed by atoms with E-state index in [1.807, 2.05) is 0 Å². The van der Waals surface area contributed by atoms with Crippen LogP contribution in [0.4, 0.5) is 0 Å². The first-order chi connectivity index (χ1) is 27.8. The lowest BCUT2D eigenvalue weighted by atomic mass is 10.00. The van der Waals surface area contributed by atoms with Crippen molar-refractivity contribution >= 4 is 49.2 Å². The van der Waals surface area contributed by atoms with Crippen molar-refractivity contribution in [2.24, 2.45) is 0 Å². The molecule has 264 valence electrons. The van der Waals surface area contributed by atoms with Crippen LogP contribution in [0.2, 0.25) is 0 Å². The fourth-order valence-electron chi connectivity index (χ4n) is 8.53. The summed E-state index contributed by atoms with van der Waals surface area (Å²) in [5, 5.41) is 4.83. The van der Waals surface area contributed by atoms with Crippen LogP contribution in [0.15, 0.2) is 194 Å². The fraction of sp³-hybridized carbons (Fsp3) is 0.0385. The third-order valence-corrected chi connectivity index (χ3v) is 11.2. The summed E-state index contributed by atoms with van der Waals surface area (Å²) in [6, 6.07) is 63.0. The van der Waals surface area contributed by atoms with Gasteiger partial charge in [-0.3, -0.25) is 0 Å². The molecule has 0 fully saturated rings. The smallest absolute Gasteiger partial charge is 0.0730 e. The number of nitrogens with zero attached hydrogens (tertiary/aromatic N) is 4. The molecule has 0 atom stereocenters. The lowest BCUT2D eigenvalue weighted by molar-refractivity contribution is 1.03. The van der Waals surface area contributed by atoms with Gasteiger partial charge in [0.15, 0.2) is 0 Å². The Hall–Kier alpha value is -7.30. The number of pyridine rings is 2. The van der Waals surface area contributed by atoms with Crippen molar-refractivity contribution in [2.75, 3.05) is 0 Å². The van der Waals surface area contributed by atoms with Crippen molar-refractivity contribution in [2.45, 2.75) is 12.8 Å². The van der Waals surface area contributed by atoms with E-state index in [1.165, 1.54) is 38.2 Å². The first kappa shape index (κ1) is 32.2. The van der Waals surface area contributed by atoms with Gasteiger partial charge in [-0.15, -0.1) is 0 Å². The summed E-state index contributed by atoms with van der Waals surface area (Å²) in [5.74, 6) is 0. The van der Waals surface area contributed by atoms with Crippen LogP contribution in [0.3, 0.4) is 0 Å². The summed E-state index contributed by atoms with van der Waals surface area (Å²) in [6.45, 7) is 0. The zero-order chi connectivity index (χ0) is 37.0. The highest BCUT2D eigenvalue weighted by molar-refractivity contribution is 6.19.